The van der Waals surface area contributed by atoms with E-state index in [1.165, 1.54) is 18.3 Å². The molecule has 2 N–H and O–H groups in total. The average Bonchev–Trinajstić information content (AvgIpc) is 2.67. The molecule has 1 fully saturated rings. The molecular formula is C12H19N3O3S2. The lowest BCUT2D eigenvalue weighted by Crippen LogP contribution is -2.44. The summed E-state index contributed by atoms with van der Waals surface area (Å²) in [6.07, 6.45) is 1.13. The Bertz CT molecular complexity index is 629. The number of rotatable bonds is 3. The molecule has 0 radical (unpaired) electrons. The Morgan fingerprint density at radius 2 is 1.80 bits per heavy atom. The number of hydrogen-bond acceptors (Lipinski definition) is 7. The molecule has 0 atom stereocenters. The van der Waals surface area contributed by atoms with Crippen LogP contribution >= 0.6 is 11.3 Å². The number of nitrogens with two attached hydrogens (primary N) is 1. The predicted molar refractivity (Wildman–Crippen MR) is 81.6 cm³/mol. The Hall–Kier alpha value is -1.12. The number of thiophene rings is 1. The first-order valence-corrected chi connectivity index (χ1v) is 8.99. The smallest absolute Gasteiger partial charge is 0.180 e. The number of likely N-dealkylation sites (N-methyl/N-ethyl adjacent to an activating group) is 1. The second-order valence-electron chi connectivity index (χ2n) is 5.10. The highest BCUT2D eigenvalue weighted by Gasteiger charge is 2.29. The highest BCUT2D eigenvalue weighted by molar-refractivity contribution is 7.91. The zero-order valence-electron chi connectivity index (χ0n) is 11.8. The molecule has 2 heterocycles. The third kappa shape index (κ3) is 2.82. The molecule has 2 rings (SSSR count). The molecule has 0 unspecified atom stereocenters. The first kappa shape index (κ1) is 15.3. The van der Waals surface area contributed by atoms with Crippen molar-refractivity contribution in [1.82, 2.24) is 4.90 Å². The predicted octanol–water partition coefficient (Wildman–Crippen LogP) is 0.688. The van der Waals surface area contributed by atoms with Gasteiger partial charge in [0.2, 0.25) is 0 Å². The normalized spacial score (nSPS) is 17.4. The van der Waals surface area contributed by atoms with Crippen LogP contribution in [0.3, 0.4) is 0 Å². The maximum absolute atomic E-state index is 12.0. The Labute approximate surface area is 123 Å². The molecule has 0 saturated carbocycles. The van der Waals surface area contributed by atoms with E-state index in [1.807, 2.05) is 11.9 Å². The maximum atomic E-state index is 12.0. The zero-order chi connectivity index (χ0) is 15.1. The van der Waals surface area contributed by atoms with E-state index < -0.39 is 9.84 Å². The van der Waals surface area contributed by atoms with Gasteiger partial charge >= 0.3 is 0 Å². The molecule has 1 aliphatic rings. The van der Waals surface area contributed by atoms with Crippen LogP contribution in [0.2, 0.25) is 0 Å². The number of sulfone groups is 1. The number of nitrogens with zero attached hydrogens (tertiary/aromatic N) is 2. The molecule has 8 heteroatoms. The summed E-state index contributed by atoms with van der Waals surface area (Å²) in [6.45, 7) is 4.58. The van der Waals surface area contributed by atoms with Crippen molar-refractivity contribution in [3.05, 3.63) is 4.88 Å². The Balaban J connectivity index is 2.52. The number of anilines is 2. The van der Waals surface area contributed by atoms with Crippen molar-refractivity contribution < 1.29 is 13.2 Å². The number of nitrogen functional groups attached to an aromatic ring is 1. The molecular weight excluding hydrogens is 298 g/mol. The minimum absolute atomic E-state index is 0.0962. The molecule has 1 saturated heterocycles. The van der Waals surface area contributed by atoms with Gasteiger partial charge in [-0.2, -0.15) is 0 Å². The van der Waals surface area contributed by atoms with Gasteiger partial charge < -0.3 is 15.5 Å². The fraction of sp³-hybridized carbons (Fsp3) is 0.583. The maximum Gasteiger partial charge on any atom is 0.180 e. The standard InChI is InChI=1S/C12H19N3O3S2/c1-8(16)10-9(13)11(20(3,17)18)12(19-10)15-6-4-14(2)5-7-15/h4-7,13H2,1-3H3. The summed E-state index contributed by atoms with van der Waals surface area (Å²) < 4.78 is 24.0. The van der Waals surface area contributed by atoms with Gasteiger partial charge in [0.05, 0.1) is 10.6 Å². The van der Waals surface area contributed by atoms with E-state index in [4.69, 9.17) is 5.73 Å². The van der Waals surface area contributed by atoms with Gasteiger partial charge in [0, 0.05) is 39.4 Å². The van der Waals surface area contributed by atoms with Crippen molar-refractivity contribution in [2.45, 2.75) is 11.8 Å². The Morgan fingerprint density at radius 1 is 1.25 bits per heavy atom. The lowest BCUT2D eigenvalue weighted by atomic mass is 10.3. The van der Waals surface area contributed by atoms with E-state index in [9.17, 15) is 13.2 Å². The lowest BCUT2D eigenvalue weighted by molar-refractivity contribution is 0.102. The fourth-order valence-corrected chi connectivity index (χ4v) is 4.91. The summed E-state index contributed by atoms with van der Waals surface area (Å²) in [5.74, 6) is -0.197. The van der Waals surface area contributed by atoms with Gasteiger partial charge in [-0.15, -0.1) is 11.3 Å². The summed E-state index contributed by atoms with van der Waals surface area (Å²) in [6, 6.07) is 0. The molecule has 0 aliphatic carbocycles. The van der Waals surface area contributed by atoms with Crippen LogP contribution in [-0.2, 0) is 9.84 Å². The van der Waals surface area contributed by atoms with E-state index in [-0.39, 0.29) is 16.4 Å². The monoisotopic (exact) mass is 317 g/mol. The van der Waals surface area contributed by atoms with Crippen molar-refractivity contribution in [2.75, 3.05) is 50.1 Å². The molecule has 1 aromatic heterocycles. The van der Waals surface area contributed by atoms with Crippen LogP contribution in [-0.4, -0.2) is 58.6 Å². The molecule has 0 bridgehead atoms. The summed E-state index contributed by atoms with van der Waals surface area (Å²) in [7, 11) is -1.44. The highest BCUT2D eigenvalue weighted by Crippen LogP contribution is 2.41. The summed E-state index contributed by atoms with van der Waals surface area (Å²) in [5.41, 5.74) is 5.99. The van der Waals surface area contributed by atoms with Crippen LogP contribution in [0.5, 0.6) is 0 Å². The van der Waals surface area contributed by atoms with Gasteiger partial charge in [0.1, 0.15) is 9.90 Å². The first-order chi connectivity index (χ1) is 9.21. The van der Waals surface area contributed by atoms with E-state index in [0.29, 0.717) is 9.88 Å². The minimum atomic E-state index is -3.46. The van der Waals surface area contributed by atoms with E-state index in [0.717, 1.165) is 32.4 Å². The minimum Gasteiger partial charge on any atom is -0.396 e. The molecule has 0 aromatic carbocycles. The second-order valence-corrected chi connectivity index (χ2v) is 8.05. The van der Waals surface area contributed by atoms with Crippen LogP contribution in [0.1, 0.15) is 16.6 Å². The number of carbonyl (C=O) groups excluding carboxylic acids is 1. The first-order valence-electron chi connectivity index (χ1n) is 6.28. The Morgan fingerprint density at radius 3 is 2.25 bits per heavy atom. The van der Waals surface area contributed by atoms with Crippen molar-refractivity contribution in [1.29, 1.82) is 0 Å². The van der Waals surface area contributed by atoms with Crippen molar-refractivity contribution in [3.8, 4) is 0 Å². The molecule has 20 heavy (non-hydrogen) atoms. The summed E-state index contributed by atoms with van der Waals surface area (Å²) >= 11 is 1.18. The quantitative estimate of drug-likeness (QED) is 0.826. The third-order valence-corrected chi connectivity index (χ3v) is 6.01. The van der Waals surface area contributed by atoms with Crippen LogP contribution in [0.25, 0.3) is 0 Å². The van der Waals surface area contributed by atoms with E-state index in [2.05, 4.69) is 4.90 Å². The number of ketones is 1. The summed E-state index contributed by atoms with van der Waals surface area (Å²) in [4.78, 5) is 16.2. The number of carbonyl (C=O) groups is 1. The molecule has 112 valence electrons. The van der Waals surface area contributed by atoms with Crippen molar-refractivity contribution in [3.63, 3.8) is 0 Å². The Kier molecular flexibility index (Phi) is 4.08. The van der Waals surface area contributed by atoms with Gasteiger partial charge in [-0.3, -0.25) is 4.79 Å². The largest absolute Gasteiger partial charge is 0.396 e. The van der Waals surface area contributed by atoms with Gasteiger partial charge in [0.15, 0.2) is 15.6 Å². The molecule has 1 aromatic rings. The van der Waals surface area contributed by atoms with Crippen LogP contribution < -0.4 is 10.6 Å². The number of piperazine rings is 1. The highest BCUT2D eigenvalue weighted by atomic mass is 32.2. The molecule has 1 aliphatic heterocycles. The lowest BCUT2D eigenvalue weighted by Gasteiger charge is -2.33. The van der Waals surface area contributed by atoms with Gasteiger partial charge in [-0.1, -0.05) is 0 Å². The second kappa shape index (κ2) is 5.34. The fourth-order valence-electron chi connectivity index (χ4n) is 2.25. The van der Waals surface area contributed by atoms with Crippen LogP contribution in [0.4, 0.5) is 10.7 Å². The van der Waals surface area contributed by atoms with Crippen molar-refractivity contribution >= 4 is 37.6 Å². The van der Waals surface area contributed by atoms with Gasteiger partial charge in [-0.25, -0.2) is 8.42 Å². The molecule has 0 amide bonds. The van der Waals surface area contributed by atoms with Gasteiger partial charge in [-0.05, 0) is 7.05 Å². The zero-order valence-corrected chi connectivity index (χ0v) is 13.5. The van der Waals surface area contributed by atoms with Gasteiger partial charge in [0.25, 0.3) is 0 Å². The summed E-state index contributed by atoms with van der Waals surface area (Å²) in [5, 5.41) is 0.600. The van der Waals surface area contributed by atoms with E-state index >= 15 is 0 Å². The molecule has 0 spiro atoms. The SMILES string of the molecule is CC(=O)c1sc(N2CCN(C)CC2)c(S(C)(=O)=O)c1N. The van der Waals surface area contributed by atoms with Crippen LogP contribution in [0.15, 0.2) is 4.90 Å². The van der Waals surface area contributed by atoms with E-state index in [1.54, 1.807) is 0 Å². The molecule has 6 nitrogen and oxygen atoms in total. The topological polar surface area (TPSA) is 83.7 Å². The number of Topliss-reactive ketones (excluding diaryl/α,β-unsaturated/α-hetero) is 1. The van der Waals surface area contributed by atoms with Crippen LogP contribution in [0, 0.1) is 0 Å². The third-order valence-electron chi connectivity index (χ3n) is 3.36. The van der Waals surface area contributed by atoms with Crippen molar-refractivity contribution in [2.24, 2.45) is 0 Å². The average molecular weight is 317 g/mol. The number of hydrogen-bond donors (Lipinski definition) is 1.